The largest absolute Gasteiger partial charge is 0.393 e. The fourth-order valence-electron chi connectivity index (χ4n) is 9.12. The van der Waals surface area contributed by atoms with Crippen LogP contribution in [-0.4, -0.2) is 61.2 Å². The van der Waals surface area contributed by atoms with E-state index in [1.54, 1.807) is 29.2 Å². The van der Waals surface area contributed by atoms with Crippen LogP contribution in [0.1, 0.15) is 56.9 Å². The van der Waals surface area contributed by atoms with Crippen molar-refractivity contribution in [2.75, 3.05) is 6.61 Å². The van der Waals surface area contributed by atoms with Gasteiger partial charge in [0.2, 0.25) is 0 Å². The topological polar surface area (TPSA) is 124 Å². The molecule has 4 aliphatic carbocycles. The van der Waals surface area contributed by atoms with Gasteiger partial charge >= 0.3 is 0 Å². The summed E-state index contributed by atoms with van der Waals surface area (Å²) in [5, 5.41) is 29.8. The lowest BCUT2D eigenvalue weighted by molar-refractivity contribution is -0.201. The molecule has 2 heterocycles. The molecule has 40 heavy (non-hydrogen) atoms. The number of aliphatic hydroxyl groups is 2. The molecule has 0 unspecified atom stereocenters. The number of ketones is 2. The molecule has 5 aliphatic rings. The summed E-state index contributed by atoms with van der Waals surface area (Å²) < 4.78 is 14.9. The van der Waals surface area contributed by atoms with Gasteiger partial charge in [-0.3, -0.25) is 9.59 Å². The average Bonchev–Trinajstić information content (AvgIpc) is 3.64. The Morgan fingerprint density at radius 1 is 1.23 bits per heavy atom. The van der Waals surface area contributed by atoms with Crippen LogP contribution in [0.5, 0.6) is 0 Å². The van der Waals surface area contributed by atoms with Crippen molar-refractivity contribution in [3.8, 4) is 0 Å². The van der Waals surface area contributed by atoms with Crippen LogP contribution in [0.15, 0.2) is 60.5 Å². The van der Waals surface area contributed by atoms with Gasteiger partial charge in [0.1, 0.15) is 6.61 Å². The molecule has 4 fully saturated rings. The van der Waals surface area contributed by atoms with Gasteiger partial charge in [-0.2, -0.15) is 0 Å². The molecule has 2 aromatic rings. The van der Waals surface area contributed by atoms with Crippen LogP contribution in [0.3, 0.4) is 0 Å². The Hall–Kier alpha value is -2.98. The van der Waals surface area contributed by atoms with Gasteiger partial charge in [-0.1, -0.05) is 55.0 Å². The highest BCUT2D eigenvalue weighted by Crippen LogP contribution is 2.70. The lowest BCUT2D eigenvalue weighted by atomic mass is 9.46. The first-order chi connectivity index (χ1) is 19.2. The predicted molar refractivity (Wildman–Crippen MR) is 142 cm³/mol. The molecule has 3 saturated carbocycles. The SMILES string of the molecule is C[C@]12C=CC(=O)C=C1CC[C@@H]1[C@@H]2[C@@H](O)C[C@@]2(C)[C@H]1C[C@H]1O[C@H](c3ccc(Cn4ccnn4)cc3)O[C@]12C(=O)CO. The van der Waals surface area contributed by atoms with Gasteiger partial charge in [0.25, 0.3) is 0 Å². The van der Waals surface area contributed by atoms with Gasteiger partial charge in [0.05, 0.1) is 24.9 Å². The number of aliphatic hydroxyl groups excluding tert-OH is 2. The molecular formula is C31H35N3O6. The van der Waals surface area contributed by atoms with E-state index in [9.17, 15) is 19.8 Å². The van der Waals surface area contributed by atoms with Gasteiger partial charge in [0.15, 0.2) is 23.5 Å². The number of allylic oxidation sites excluding steroid dienone is 4. The maximum atomic E-state index is 13.7. The van der Waals surface area contributed by atoms with E-state index in [0.717, 1.165) is 29.5 Å². The molecule has 7 rings (SSSR count). The van der Waals surface area contributed by atoms with E-state index in [1.165, 1.54) is 0 Å². The van der Waals surface area contributed by atoms with Gasteiger partial charge in [-0.05, 0) is 55.2 Å². The fraction of sp³-hybridized carbons (Fsp3) is 0.548. The predicted octanol–water partition coefficient (Wildman–Crippen LogP) is 2.93. The molecule has 9 atom stereocenters. The zero-order valence-electron chi connectivity index (χ0n) is 22.8. The zero-order chi connectivity index (χ0) is 27.9. The van der Waals surface area contributed by atoms with Gasteiger partial charge in [0, 0.05) is 28.5 Å². The van der Waals surface area contributed by atoms with Crippen molar-refractivity contribution in [3.63, 3.8) is 0 Å². The quantitative estimate of drug-likeness (QED) is 0.588. The van der Waals surface area contributed by atoms with Crippen molar-refractivity contribution in [2.45, 2.75) is 70.2 Å². The third-order valence-electron chi connectivity index (χ3n) is 10.9. The second kappa shape index (κ2) is 9.01. The third-order valence-corrected chi connectivity index (χ3v) is 10.9. The number of hydrogen-bond donors (Lipinski definition) is 2. The number of carbonyl (C=O) groups is 2. The summed E-state index contributed by atoms with van der Waals surface area (Å²) in [6, 6.07) is 7.84. The number of benzene rings is 1. The van der Waals surface area contributed by atoms with Crippen LogP contribution in [0.4, 0.5) is 0 Å². The minimum Gasteiger partial charge on any atom is -0.393 e. The van der Waals surface area contributed by atoms with Crippen molar-refractivity contribution in [1.29, 1.82) is 0 Å². The first-order valence-corrected chi connectivity index (χ1v) is 14.2. The van der Waals surface area contributed by atoms with Crippen molar-refractivity contribution in [1.82, 2.24) is 15.0 Å². The van der Waals surface area contributed by atoms with Crippen molar-refractivity contribution in [2.24, 2.45) is 28.6 Å². The van der Waals surface area contributed by atoms with Crippen LogP contribution in [0, 0.1) is 28.6 Å². The van der Waals surface area contributed by atoms with Gasteiger partial charge < -0.3 is 19.7 Å². The number of rotatable bonds is 5. The van der Waals surface area contributed by atoms with E-state index in [4.69, 9.17) is 9.47 Å². The van der Waals surface area contributed by atoms with E-state index in [2.05, 4.69) is 17.2 Å². The minimum atomic E-state index is -1.35. The molecule has 210 valence electrons. The average molecular weight is 546 g/mol. The minimum absolute atomic E-state index is 0.00299. The highest BCUT2D eigenvalue weighted by molar-refractivity contribution is 6.01. The summed E-state index contributed by atoms with van der Waals surface area (Å²) in [5.74, 6) is -0.253. The van der Waals surface area contributed by atoms with Crippen LogP contribution in [0.25, 0.3) is 0 Å². The molecule has 1 aliphatic heterocycles. The molecule has 1 aromatic heterocycles. The highest BCUT2D eigenvalue weighted by atomic mass is 16.7. The van der Waals surface area contributed by atoms with Crippen LogP contribution in [0.2, 0.25) is 0 Å². The number of hydrogen-bond acceptors (Lipinski definition) is 8. The standard InChI is InChI=1S/C31H35N3O6/c1-29-10-9-21(36)13-20(29)7-8-22-23-14-26-31(25(38)17-35,30(23,2)15-24(37)27(22)29)40-28(39-26)19-5-3-18(4-6-19)16-34-12-11-32-33-34/h3-6,9-13,22-24,26-28,35,37H,7-8,14-17H2,1-2H3/t22-,23-,24-,26+,27+,28-,29-,30-,31+/m0/s1. The van der Waals surface area contributed by atoms with Crippen molar-refractivity contribution in [3.05, 3.63) is 71.6 Å². The number of nitrogens with zero attached hydrogens (tertiary/aromatic N) is 3. The summed E-state index contributed by atoms with van der Waals surface area (Å²) in [6.45, 7) is 4.11. The van der Waals surface area contributed by atoms with E-state index in [1.807, 2.05) is 37.3 Å². The fourth-order valence-corrected chi connectivity index (χ4v) is 9.12. The smallest absolute Gasteiger partial charge is 0.193 e. The summed E-state index contributed by atoms with van der Waals surface area (Å²) in [7, 11) is 0. The van der Waals surface area contributed by atoms with E-state index >= 15 is 0 Å². The summed E-state index contributed by atoms with van der Waals surface area (Å²) >= 11 is 0. The second-order valence-corrected chi connectivity index (χ2v) is 12.7. The van der Waals surface area contributed by atoms with Crippen molar-refractivity contribution < 1.29 is 29.3 Å². The molecule has 0 amide bonds. The normalized spacial score (nSPS) is 41.6. The summed E-state index contributed by atoms with van der Waals surface area (Å²) in [4.78, 5) is 25.8. The van der Waals surface area contributed by atoms with E-state index in [-0.39, 0.29) is 29.3 Å². The Morgan fingerprint density at radius 3 is 2.75 bits per heavy atom. The monoisotopic (exact) mass is 545 g/mol. The Morgan fingerprint density at radius 2 is 2.02 bits per heavy atom. The molecule has 9 nitrogen and oxygen atoms in total. The molecule has 0 bridgehead atoms. The van der Waals surface area contributed by atoms with Crippen LogP contribution < -0.4 is 0 Å². The number of ether oxygens (including phenoxy) is 2. The molecule has 9 heteroatoms. The number of aromatic nitrogens is 3. The molecule has 2 N–H and O–H groups in total. The molecule has 1 saturated heterocycles. The Balaban J connectivity index is 1.20. The molecular weight excluding hydrogens is 510 g/mol. The lowest BCUT2D eigenvalue weighted by Gasteiger charge is -2.59. The van der Waals surface area contributed by atoms with E-state index in [0.29, 0.717) is 19.4 Å². The number of carbonyl (C=O) groups excluding carboxylic acids is 2. The third kappa shape index (κ3) is 3.47. The van der Waals surface area contributed by atoms with E-state index < -0.39 is 41.5 Å². The molecule has 0 radical (unpaired) electrons. The van der Waals surface area contributed by atoms with Crippen LogP contribution >= 0.6 is 0 Å². The zero-order valence-corrected chi connectivity index (χ0v) is 22.8. The second-order valence-electron chi connectivity index (χ2n) is 12.7. The maximum absolute atomic E-state index is 13.7. The summed E-state index contributed by atoms with van der Waals surface area (Å²) in [6.07, 6.45) is 9.41. The lowest BCUT2D eigenvalue weighted by Crippen LogP contribution is -2.63. The Kier molecular flexibility index (Phi) is 5.85. The molecule has 0 spiro atoms. The first kappa shape index (κ1) is 26.0. The Labute approximate surface area is 232 Å². The highest BCUT2D eigenvalue weighted by Gasteiger charge is 2.75. The maximum Gasteiger partial charge on any atom is 0.193 e. The van der Waals surface area contributed by atoms with Crippen molar-refractivity contribution >= 4 is 11.6 Å². The summed E-state index contributed by atoms with van der Waals surface area (Å²) in [5.41, 5.74) is 0.460. The van der Waals surface area contributed by atoms with Gasteiger partial charge in [-0.25, -0.2) is 4.68 Å². The Bertz CT molecular complexity index is 1400. The van der Waals surface area contributed by atoms with Gasteiger partial charge in [-0.15, -0.1) is 5.10 Å². The number of Topliss-reactive ketones (excluding diaryl/α,β-unsaturated/α-hetero) is 1. The van der Waals surface area contributed by atoms with Crippen LogP contribution in [-0.2, 0) is 25.6 Å². The molecule has 1 aromatic carbocycles. The first-order valence-electron chi connectivity index (χ1n) is 14.2. The number of fused-ring (bicyclic) bond motifs is 7.